The molecule has 0 amide bonds. The molecule has 0 spiro atoms. The van der Waals surface area contributed by atoms with Crippen molar-refractivity contribution in [3.63, 3.8) is 0 Å². The van der Waals surface area contributed by atoms with Gasteiger partial charge in [-0.15, -0.1) is 0 Å². The molecule has 17 heavy (non-hydrogen) atoms. The van der Waals surface area contributed by atoms with Gasteiger partial charge in [-0.1, -0.05) is 0 Å². The van der Waals surface area contributed by atoms with Crippen molar-refractivity contribution in [1.29, 1.82) is 0 Å². The van der Waals surface area contributed by atoms with E-state index < -0.39 is 5.97 Å². The van der Waals surface area contributed by atoms with E-state index >= 15 is 0 Å². The maximum Gasteiger partial charge on any atom is 0.341 e. The van der Waals surface area contributed by atoms with Crippen LogP contribution in [0, 0.1) is 0 Å². The molecular formula is C11H12N4O2. The van der Waals surface area contributed by atoms with Crippen LogP contribution in [-0.4, -0.2) is 27.3 Å². The number of hydrogen-bond donors (Lipinski definition) is 1. The zero-order valence-corrected chi connectivity index (χ0v) is 9.33. The highest BCUT2D eigenvalue weighted by atomic mass is 16.5. The van der Waals surface area contributed by atoms with Gasteiger partial charge in [-0.25, -0.2) is 9.48 Å². The van der Waals surface area contributed by atoms with E-state index in [0.717, 1.165) is 0 Å². The van der Waals surface area contributed by atoms with Crippen LogP contribution in [0.15, 0.2) is 30.9 Å². The average Bonchev–Trinajstić information content (AvgIpc) is 2.79. The molecule has 2 heterocycles. The minimum absolute atomic E-state index is 0.335. The summed E-state index contributed by atoms with van der Waals surface area (Å²) in [6.07, 6.45) is 6.15. The number of carbonyl (C=O) groups excluding carboxylic acids is 1. The van der Waals surface area contributed by atoms with E-state index in [2.05, 4.69) is 10.1 Å². The van der Waals surface area contributed by atoms with Gasteiger partial charge in [-0.05, 0) is 13.0 Å². The zero-order valence-electron chi connectivity index (χ0n) is 9.33. The van der Waals surface area contributed by atoms with Gasteiger partial charge in [0.25, 0.3) is 0 Å². The van der Waals surface area contributed by atoms with Gasteiger partial charge >= 0.3 is 5.97 Å². The molecule has 2 rings (SSSR count). The van der Waals surface area contributed by atoms with Crippen molar-refractivity contribution in [2.45, 2.75) is 6.92 Å². The van der Waals surface area contributed by atoms with Crippen molar-refractivity contribution in [2.24, 2.45) is 0 Å². The summed E-state index contributed by atoms with van der Waals surface area (Å²) < 4.78 is 6.39. The standard InChI is InChI=1S/C11H12N4O2/c1-2-17-11(16)8-5-14-15(7-8)10-3-4-13-6-9(10)12/h3-7H,2,12H2,1H3. The van der Waals surface area contributed by atoms with Gasteiger partial charge in [0.1, 0.15) is 0 Å². The Morgan fingerprint density at radius 3 is 3.06 bits per heavy atom. The van der Waals surface area contributed by atoms with Crippen LogP contribution in [-0.2, 0) is 4.74 Å². The third-order valence-corrected chi connectivity index (χ3v) is 2.17. The summed E-state index contributed by atoms with van der Waals surface area (Å²) in [5.74, 6) is -0.397. The topological polar surface area (TPSA) is 83.0 Å². The number of hydrogen-bond acceptors (Lipinski definition) is 5. The molecule has 0 aliphatic heterocycles. The van der Waals surface area contributed by atoms with Crippen molar-refractivity contribution in [3.8, 4) is 5.69 Å². The Labute approximate surface area is 98.0 Å². The van der Waals surface area contributed by atoms with Gasteiger partial charge < -0.3 is 10.5 Å². The van der Waals surface area contributed by atoms with E-state index in [9.17, 15) is 4.79 Å². The third kappa shape index (κ3) is 2.25. The van der Waals surface area contributed by atoms with E-state index in [1.807, 2.05) is 0 Å². The molecule has 0 saturated heterocycles. The minimum Gasteiger partial charge on any atom is -0.462 e. The molecule has 0 bridgehead atoms. The number of nitrogens with two attached hydrogens (primary N) is 1. The Morgan fingerprint density at radius 2 is 2.35 bits per heavy atom. The first-order chi connectivity index (χ1) is 8.22. The Bertz CT molecular complexity index is 536. The molecule has 0 aliphatic carbocycles. The van der Waals surface area contributed by atoms with Crippen LogP contribution in [0.25, 0.3) is 5.69 Å². The number of anilines is 1. The molecule has 6 heteroatoms. The quantitative estimate of drug-likeness (QED) is 0.799. The Balaban J connectivity index is 2.30. The maximum atomic E-state index is 11.5. The molecule has 2 aromatic rings. The number of carbonyl (C=O) groups is 1. The zero-order chi connectivity index (χ0) is 12.3. The highest BCUT2D eigenvalue weighted by Gasteiger charge is 2.11. The number of nitrogen functional groups attached to an aromatic ring is 1. The van der Waals surface area contributed by atoms with Crippen LogP contribution in [0.3, 0.4) is 0 Å². The van der Waals surface area contributed by atoms with Crippen molar-refractivity contribution in [2.75, 3.05) is 12.3 Å². The lowest BCUT2D eigenvalue weighted by Crippen LogP contribution is -2.03. The second kappa shape index (κ2) is 4.65. The van der Waals surface area contributed by atoms with Crippen LogP contribution in [0.5, 0.6) is 0 Å². The van der Waals surface area contributed by atoms with Gasteiger partial charge in [-0.3, -0.25) is 4.98 Å². The first-order valence-electron chi connectivity index (χ1n) is 5.14. The summed E-state index contributed by atoms with van der Waals surface area (Å²) in [6, 6.07) is 1.72. The SMILES string of the molecule is CCOC(=O)c1cnn(-c2ccncc2N)c1. The summed E-state index contributed by atoms with van der Waals surface area (Å²) >= 11 is 0. The monoisotopic (exact) mass is 232 g/mol. The molecule has 0 aliphatic rings. The smallest absolute Gasteiger partial charge is 0.341 e. The molecule has 0 saturated carbocycles. The second-order valence-corrected chi connectivity index (χ2v) is 3.33. The number of aromatic nitrogens is 3. The molecular weight excluding hydrogens is 220 g/mol. The van der Waals surface area contributed by atoms with E-state index in [1.165, 1.54) is 17.1 Å². The fourth-order valence-electron chi connectivity index (χ4n) is 1.38. The lowest BCUT2D eigenvalue weighted by molar-refractivity contribution is 0.0526. The Morgan fingerprint density at radius 1 is 1.53 bits per heavy atom. The fraction of sp³-hybridized carbons (Fsp3) is 0.182. The summed E-state index contributed by atoms with van der Waals surface area (Å²) in [4.78, 5) is 15.3. The predicted octanol–water partition coefficient (Wildman–Crippen LogP) is 1.03. The van der Waals surface area contributed by atoms with Crippen LogP contribution in [0.4, 0.5) is 5.69 Å². The molecule has 0 unspecified atom stereocenters. The number of esters is 1. The Kier molecular flexibility index (Phi) is 3.04. The van der Waals surface area contributed by atoms with E-state index in [4.69, 9.17) is 10.5 Å². The predicted molar refractivity (Wildman–Crippen MR) is 61.7 cm³/mol. The molecule has 88 valence electrons. The molecule has 2 N–H and O–H groups in total. The van der Waals surface area contributed by atoms with Crippen molar-refractivity contribution in [1.82, 2.24) is 14.8 Å². The number of pyridine rings is 1. The van der Waals surface area contributed by atoms with Gasteiger partial charge in [-0.2, -0.15) is 5.10 Å². The van der Waals surface area contributed by atoms with Gasteiger partial charge in [0.15, 0.2) is 0 Å². The minimum atomic E-state index is -0.397. The largest absolute Gasteiger partial charge is 0.462 e. The summed E-state index contributed by atoms with van der Waals surface area (Å²) in [5.41, 5.74) is 7.32. The van der Waals surface area contributed by atoms with Crippen LogP contribution in [0.2, 0.25) is 0 Å². The van der Waals surface area contributed by atoms with E-state index in [1.54, 1.807) is 25.4 Å². The van der Waals surface area contributed by atoms with Crippen molar-refractivity contribution in [3.05, 3.63) is 36.4 Å². The van der Waals surface area contributed by atoms with Crippen molar-refractivity contribution >= 4 is 11.7 Å². The first-order valence-corrected chi connectivity index (χ1v) is 5.14. The van der Waals surface area contributed by atoms with Crippen LogP contribution < -0.4 is 5.73 Å². The summed E-state index contributed by atoms with van der Waals surface area (Å²) in [7, 11) is 0. The van der Waals surface area contributed by atoms with Gasteiger partial charge in [0.2, 0.25) is 0 Å². The lowest BCUT2D eigenvalue weighted by atomic mass is 10.3. The molecule has 2 aromatic heterocycles. The molecule has 0 fully saturated rings. The van der Waals surface area contributed by atoms with E-state index in [0.29, 0.717) is 23.5 Å². The number of ether oxygens (including phenoxy) is 1. The van der Waals surface area contributed by atoms with Crippen molar-refractivity contribution < 1.29 is 9.53 Å². The summed E-state index contributed by atoms with van der Waals surface area (Å²) in [5, 5.41) is 4.06. The first kappa shape index (κ1) is 11.1. The van der Waals surface area contributed by atoms with Gasteiger partial charge in [0.05, 0.1) is 35.9 Å². The fourth-order valence-corrected chi connectivity index (χ4v) is 1.38. The lowest BCUT2D eigenvalue weighted by Gasteiger charge is -2.03. The van der Waals surface area contributed by atoms with E-state index in [-0.39, 0.29) is 0 Å². The molecule has 0 aromatic carbocycles. The third-order valence-electron chi connectivity index (χ3n) is 2.17. The summed E-state index contributed by atoms with van der Waals surface area (Å²) in [6.45, 7) is 2.09. The second-order valence-electron chi connectivity index (χ2n) is 3.33. The van der Waals surface area contributed by atoms with Gasteiger partial charge in [0, 0.05) is 12.4 Å². The maximum absolute atomic E-state index is 11.5. The number of rotatable bonds is 3. The molecule has 0 atom stereocenters. The highest BCUT2D eigenvalue weighted by molar-refractivity contribution is 5.88. The Hall–Kier alpha value is -2.37. The normalized spacial score (nSPS) is 10.2. The van der Waals surface area contributed by atoms with Crippen LogP contribution >= 0.6 is 0 Å². The van der Waals surface area contributed by atoms with Crippen LogP contribution in [0.1, 0.15) is 17.3 Å². The number of nitrogens with zero attached hydrogens (tertiary/aromatic N) is 3. The molecule has 6 nitrogen and oxygen atoms in total. The average molecular weight is 232 g/mol. The molecule has 0 radical (unpaired) electrons. The highest BCUT2D eigenvalue weighted by Crippen LogP contribution is 2.14.